The average molecular weight is 278 g/mol. The predicted octanol–water partition coefficient (Wildman–Crippen LogP) is 2.48. The minimum Gasteiger partial charge on any atom is -0.315 e. The van der Waals surface area contributed by atoms with Crippen molar-refractivity contribution in [2.75, 3.05) is 13.2 Å². The molecule has 1 heterocycles. The van der Waals surface area contributed by atoms with Gasteiger partial charge in [0.2, 0.25) is 0 Å². The molecule has 98 valence electrons. The third-order valence-electron chi connectivity index (χ3n) is 2.12. The lowest BCUT2D eigenvalue weighted by molar-refractivity contribution is 0.137. The maximum atomic E-state index is 5.53. The van der Waals surface area contributed by atoms with Crippen LogP contribution in [0.4, 0.5) is 0 Å². The van der Waals surface area contributed by atoms with Crippen molar-refractivity contribution >= 4 is 18.5 Å². The van der Waals surface area contributed by atoms with Crippen molar-refractivity contribution in [3.63, 3.8) is 0 Å². The molecular formula is C10H19N2O3PS. The second-order valence-corrected chi connectivity index (χ2v) is 6.28. The smallest absolute Gasteiger partial charge is 0.315 e. The van der Waals surface area contributed by atoms with Crippen molar-refractivity contribution < 1.29 is 13.7 Å². The van der Waals surface area contributed by atoms with Gasteiger partial charge in [-0.25, -0.2) is 0 Å². The van der Waals surface area contributed by atoms with Crippen LogP contribution in [0.1, 0.15) is 32.0 Å². The minimum absolute atomic E-state index is 0.457. The van der Waals surface area contributed by atoms with Gasteiger partial charge in [0.05, 0.1) is 25.1 Å². The van der Waals surface area contributed by atoms with Gasteiger partial charge in [0.15, 0.2) is 0 Å². The van der Waals surface area contributed by atoms with Crippen LogP contribution in [0.5, 0.6) is 0 Å². The van der Waals surface area contributed by atoms with Gasteiger partial charge in [0, 0.05) is 11.8 Å². The first-order chi connectivity index (χ1) is 8.04. The van der Waals surface area contributed by atoms with Crippen molar-refractivity contribution in [3.05, 3.63) is 17.5 Å². The Hall–Kier alpha value is -0.420. The molecule has 1 rings (SSSR count). The first-order valence-electron chi connectivity index (χ1n) is 5.69. The molecule has 0 radical (unpaired) electrons. The Morgan fingerprint density at radius 1 is 1.29 bits per heavy atom. The Balaban J connectivity index is 2.82. The molecule has 0 spiro atoms. The minimum atomic E-state index is -2.72. The summed E-state index contributed by atoms with van der Waals surface area (Å²) in [4.78, 5) is 1.36. The summed E-state index contributed by atoms with van der Waals surface area (Å²) in [7, 11) is 0. The summed E-state index contributed by atoms with van der Waals surface area (Å²) < 4.78 is 16.3. The highest BCUT2D eigenvalue weighted by Gasteiger charge is 2.22. The van der Waals surface area contributed by atoms with Crippen LogP contribution >= 0.6 is 6.72 Å². The first-order valence-corrected chi connectivity index (χ1v) is 8.24. The second kappa shape index (κ2) is 6.50. The van der Waals surface area contributed by atoms with E-state index in [-0.39, 0.29) is 0 Å². The third kappa shape index (κ3) is 4.07. The normalized spacial score (nSPS) is 11.8. The molecule has 0 saturated heterocycles. The number of aryl methyl sites for hydroxylation is 2. The Morgan fingerprint density at radius 2 is 1.88 bits per heavy atom. The second-order valence-electron chi connectivity index (χ2n) is 3.36. The molecule has 0 N–H and O–H groups in total. The molecule has 0 unspecified atom stereocenters. The van der Waals surface area contributed by atoms with Crippen LogP contribution in [0.2, 0.25) is 0 Å². The fourth-order valence-corrected chi connectivity index (χ4v) is 3.29. The number of aromatic nitrogens is 2. The molecular weight excluding hydrogens is 259 g/mol. The van der Waals surface area contributed by atoms with E-state index in [1.54, 1.807) is 0 Å². The Kier molecular flexibility index (Phi) is 5.59. The van der Waals surface area contributed by atoms with Crippen LogP contribution in [0.3, 0.4) is 0 Å². The largest absolute Gasteiger partial charge is 0.402 e. The fraction of sp³-hybridized carbons (Fsp3) is 0.700. The number of rotatable bonds is 7. The molecule has 7 heteroatoms. The van der Waals surface area contributed by atoms with Gasteiger partial charge in [-0.05, 0) is 32.8 Å². The Bertz CT molecular complexity index is 398. The van der Waals surface area contributed by atoms with E-state index in [4.69, 9.17) is 25.5 Å². The molecule has 0 aliphatic heterocycles. The van der Waals surface area contributed by atoms with Crippen molar-refractivity contribution in [1.82, 2.24) is 9.94 Å². The zero-order valence-electron chi connectivity index (χ0n) is 10.7. The molecule has 17 heavy (non-hydrogen) atoms. The van der Waals surface area contributed by atoms with Gasteiger partial charge in [0.25, 0.3) is 0 Å². The fourth-order valence-electron chi connectivity index (χ4n) is 1.36. The van der Waals surface area contributed by atoms with Gasteiger partial charge in [0.1, 0.15) is 0 Å². The summed E-state index contributed by atoms with van der Waals surface area (Å²) >= 11 is 5.25. The topological polar surface area (TPSA) is 45.5 Å². The summed E-state index contributed by atoms with van der Waals surface area (Å²) in [5.74, 6) is 0. The lowest BCUT2D eigenvalue weighted by Crippen LogP contribution is -2.13. The Labute approximate surface area is 107 Å². The molecule has 0 atom stereocenters. The summed E-state index contributed by atoms with van der Waals surface area (Å²) in [5, 5.41) is 4.23. The highest BCUT2D eigenvalue weighted by Crippen LogP contribution is 2.46. The van der Waals surface area contributed by atoms with E-state index in [2.05, 4.69) is 12.0 Å². The molecule has 1 aromatic heterocycles. The zero-order chi connectivity index (χ0) is 12.9. The number of hydrogen-bond donors (Lipinski definition) is 0. The molecule has 0 aliphatic rings. The molecule has 0 saturated carbocycles. The lowest BCUT2D eigenvalue weighted by atomic mass is 10.2. The monoisotopic (exact) mass is 278 g/mol. The van der Waals surface area contributed by atoms with Crippen molar-refractivity contribution in [2.24, 2.45) is 0 Å². The molecule has 0 aliphatic carbocycles. The number of hydrogen-bond acceptors (Lipinski definition) is 5. The van der Waals surface area contributed by atoms with Crippen molar-refractivity contribution in [1.29, 1.82) is 0 Å². The molecule has 5 nitrogen and oxygen atoms in total. The van der Waals surface area contributed by atoms with Gasteiger partial charge >= 0.3 is 6.72 Å². The average Bonchev–Trinajstić information content (AvgIpc) is 2.58. The summed E-state index contributed by atoms with van der Waals surface area (Å²) in [5.41, 5.74) is 2.06. The highest BCUT2D eigenvalue weighted by atomic mass is 32.5. The standard InChI is InChI=1S/C10H19N2O3PS/c1-5-10-8-12(11-9(10)4)15-16(17,13-6-2)14-7-3/h8H,5-7H2,1-4H3. The van der Waals surface area contributed by atoms with Gasteiger partial charge < -0.3 is 4.62 Å². The predicted molar refractivity (Wildman–Crippen MR) is 70.5 cm³/mol. The summed E-state index contributed by atoms with van der Waals surface area (Å²) in [6, 6.07) is 0. The van der Waals surface area contributed by atoms with Crippen LogP contribution in [-0.4, -0.2) is 23.2 Å². The van der Waals surface area contributed by atoms with Gasteiger partial charge in [-0.2, -0.15) is 0 Å². The van der Waals surface area contributed by atoms with E-state index in [0.29, 0.717) is 13.2 Å². The van der Waals surface area contributed by atoms with Gasteiger partial charge in [-0.3, -0.25) is 9.05 Å². The molecule has 0 bridgehead atoms. The van der Waals surface area contributed by atoms with E-state index in [1.807, 2.05) is 27.0 Å². The van der Waals surface area contributed by atoms with Crippen molar-refractivity contribution in [2.45, 2.75) is 34.1 Å². The zero-order valence-corrected chi connectivity index (χ0v) is 12.4. The first kappa shape index (κ1) is 14.6. The number of nitrogens with zero attached hydrogens (tertiary/aromatic N) is 2. The van der Waals surface area contributed by atoms with E-state index >= 15 is 0 Å². The van der Waals surface area contributed by atoms with E-state index in [1.165, 1.54) is 4.85 Å². The Morgan fingerprint density at radius 3 is 2.29 bits per heavy atom. The lowest BCUT2D eigenvalue weighted by Gasteiger charge is -2.19. The van der Waals surface area contributed by atoms with E-state index < -0.39 is 6.72 Å². The maximum absolute atomic E-state index is 5.53. The van der Waals surface area contributed by atoms with Crippen LogP contribution in [0.15, 0.2) is 6.20 Å². The quantitative estimate of drug-likeness (QED) is 0.717. The van der Waals surface area contributed by atoms with Crippen molar-refractivity contribution in [3.8, 4) is 0 Å². The summed E-state index contributed by atoms with van der Waals surface area (Å²) in [6.45, 7) is 5.90. The van der Waals surface area contributed by atoms with Gasteiger partial charge in [-0.15, -0.1) is 5.10 Å². The van der Waals surface area contributed by atoms with Crippen LogP contribution in [-0.2, 0) is 27.3 Å². The van der Waals surface area contributed by atoms with Gasteiger partial charge in [-0.1, -0.05) is 11.8 Å². The maximum Gasteiger partial charge on any atom is 0.402 e. The van der Waals surface area contributed by atoms with E-state index in [0.717, 1.165) is 17.7 Å². The SMILES string of the molecule is CCOP(=S)(OCC)On1cc(CC)c(C)n1. The van der Waals surface area contributed by atoms with Crippen LogP contribution in [0, 0.1) is 6.92 Å². The van der Waals surface area contributed by atoms with E-state index in [9.17, 15) is 0 Å². The van der Waals surface area contributed by atoms with Crippen LogP contribution < -0.4 is 4.62 Å². The third-order valence-corrected chi connectivity index (χ3v) is 4.47. The highest BCUT2D eigenvalue weighted by molar-refractivity contribution is 8.07. The van der Waals surface area contributed by atoms with Crippen LogP contribution in [0.25, 0.3) is 0 Å². The molecule has 0 amide bonds. The molecule has 1 aromatic rings. The molecule has 0 fully saturated rings. The summed E-state index contributed by atoms with van der Waals surface area (Å²) in [6.07, 6.45) is 2.72. The molecule has 0 aromatic carbocycles.